The van der Waals surface area contributed by atoms with Gasteiger partial charge in [0.1, 0.15) is 6.10 Å². The van der Waals surface area contributed by atoms with Crippen molar-refractivity contribution in [3.63, 3.8) is 0 Å². The molecule has 0 saturated heterocycles. The zero-order valence-electron chi connectivity index (χ0n) is 12.8. The van der Waals surface area contributed by atoms with Crippen molar-refractivity contribution in [2.24, 2.45) is 5.92 Å². The third-order valence-electron chi connectivity index (χ3n) is 4.85. The number of ether oxygens (including phenoxy) is 1. The predicted octanol–water partition coefficient (Wildman–Crippen LogP) is 4.92. The van der Waals surface area contributed by atoms with Crippen LogP contribution in [0.15, 0.2) is 29.6 Å². The van der Waals surface area contributed by atoms with Gasteiger partial charge in [-0.2, -0.15) is 0 Å². The molecule has 1 unspecified atom stereocenters. The number of aliphatic hydroxyl groups is 1. The molecule has 1 heterocycles. The van der Waals surface area contributed by atoms with Gasteiger partial charge in [0.2, 0.25) is 0 Å². The van der Waals surface area contributed by atoms with E-state index in [1.165, 1.54) is 10.1 Å². The van der Waals surface area contributed by atoms with E-state index in [1.54, 1.807) is 11.3 Å². The summed E-state index contributed by atoms with van der Waals surface area (Å²) in [5, 5.41) is 14.4. The Bertz CT molecular complexity index is 596. The van der Waals surface area contributed by atoms with Crippen LogP contribution in [0.4, 0.5) is 0 Å². The van der Waals surface area contributed by atoms with Gasteiger partial charge in [0.25, 0.3) is 0 Å². The number of rotatable bonds is 4. The normalized spacial score (nSPS) is 27.9. The number of hydrogen-bond donors (Lipinski definition) is 1. The second kappa shape index (κ2) is 6.07. The van der Waals surface area contributed by atoms with E-state index in [2.05, 4.69) is 30.5 Å². The van der Waals surface area contributed by atoms with E-state index in [4.69, 9.17) is 4.74 Å². The maximum Gasteiger partial charge on any atom is 0.109 e. The Morgan fingerprint density at radius 1 is 1.33 bits per heavy atom. The Morgan fingerprint density at radius 2 is 2.10 bits per heavy atom. The van der Waals surface area contributed by atoms with Crippen LogP contribution in [-0.4, -0.2) is 17.3 Å². The quantitative estimate of drug-likeness (QED) is 0.868. The summed E-state index contributed by atoms with van der Waals surface area (Å²) in [4.78, 5) is 0. The van der Waals surface area contributed by atoms with Gasteiger partial charge in [-0.15, -0.1) is 11.3 Å². The van der Waals surface area contributed by atoms with Gasteiger partial charge >= 0.3 is 0 Å². The number of aliphatic hydroxyl groups excluding tert-OH is 1. The zero-order valence-corrected chi connectivity index (χ0v) is 13.7. The minimum Gasteiger partial charge on any atom is -0.385 e. The topological polar surface area (TPSA) is 29.5 Å². The number of thiophene rings is 1. The Balaban J connectivity index is 1.97. The van der Waals surface area contributed by atoms with Crippen LogP contribution < -0.4 is 0 Å². The predicted molar refractivity (Wildman–Crippen MR) is 88.8 cm³/mol. The van der Waals surface area contributed by atoms with Crippen LogP contribution in [0.25, 0.3) is 10.1 Å². The van der Waals surface area contributed by atoms with Crippen LogP contribution in [-0.2, 0) is 4.74 Å². The second-order valence-electron chi connectivity index (χ2n) is 6.27. The lowest BCUT2D eigenvalue weighted by molar-refractivity contribution is -0.146. The summed E-state index contributed by atoms with van der Waals surface area (Å²) in [6.45, 7) is 4.98. The lowest BCUT2D eigenvalue weighted by Gasteiger charge is -2.42. The van der Waals surface area contributed by atoms with Gasteiger partial charge in [-0.05, 0) is 55.4 Å². The molecule has 1 atom stereocenters. The molecule has 1 aromatic carbocycles. The van der Waals surface area contributed by atoms with E-state index in [9.17, 15) is 5.11 Å². The Kier molecular flexibility index (Phi) is 4.34. The Hall–Kier alpha value is -0.900. The monoisotopic (exact) mass is 304 g/mol. The maximum atomic E-state index is 11.1. The highest BCUT2D eigenvalue weighted by Crippen LogP contribution is 2.45. The number of benzene rings is 1. The molecule has 0 spiro atoms. The molecule has 2 aromatic rings. The average molecular weight is 304 g/mol. The first-order chi connectivity index (χ1) is 10.2. The van der Waals surface area contributed by atoms with E-state index in [0.717, 1.165) is 37.2 Å². The smallest absolute Gasteiger partial charge is 0.109 e. The third-order valence-corrected chi connectivity index (χ3v) is 5.83. The lowest BCUT2D eigenvalue weighted by Crippen LogP contribution is -2.42. The van der Waals surface area contributed by atoms with Gasteiger partial charge in [-0.25, -0.2) is 0 Å². The molecule has 1 fully saturated rings. The number of hydrogen-bond acceptors (Lipinski definition) is 3. The second-order valence-corrected chi connectivity index (χ2v) is 7.19. The average Bonchev–Trinajstić information content (AvgIpc) is 2.98. The van der Waals surface area contributed by atoms with Crippen molar-refractivity contribution < 1.29 is 9.84 Å². The van der Waals surface area contributed by atoms with Crippen LogP contribution in [0.5, 0.6) is 0 Å². The molecule has 0 amide bonds. The summed E-state index contributed by atoms with van der Waals surface area (Å²) < 4.78 is 7.31. The molecule has 21 heavy (non-hydrogen) atoms. The molecule has 0 aliphatic heterocycles. The van der Waals surface area contributed by atoms with E-state index < -0.39 is 11.7 Å². The van der Waals surface area contributed by atoms with Crippen LogP contribution in [0.3, 0.4) is 0 Å². The van der Waals surface area contributed by atoms with E-state index in [0.29, 0.717) is 6.61 Å². The maximum absolute atomic E-state index is 11.1. The Morgan fingerprint density at radius 3 is 2.81 bits per heavy atom. The fourth-order valence-electron chi connectivity index (χ4n) is 3.55. The van der Waals surface area contributed by atoms with Gasteiger partial charge < -0.3 is 9.84 Å². The molecule has 114 valence electrons. The minimum atomic E-state index is -0.535. The minimum absolute atomic E-state index is 0.403. The zero-order chi connectivity index (χ0) is 14.9. The standard InChI is InChI=1S/C18H24O2S/c1-3-20-18(10-7-13(2)8-11-18)17(19)15-6-4-5-14-9-12-21-16(14)15/h4-6,9,12-13,17,19H,3,7-8,10-11H2,1-2H3. The van der Waals surface area contributed by atoms with Crippen molar-refractivity contribution in [2.45, 2.75) is 51.2 Å². The fourth-order valence-corrected chi connectivity index (χ4v) is 4.49. The first-order valence-corrected chi connectivity index (χ1v) is 8.82. The summed E-state index contributed by atoms with van der Waals surface area (Å²) in [7, 11) is 0. The summed E-state index contributed by atoms with van der Waals surface area (Å²) in [6.07, 6.45) is 3.64. The molecule has 0 bridgehead atoms. The fraction of sp³-hybridized carbons (Fsp3) is 0.556. The van der Waals surface area contributed by atoms with E-state index in [-0.39, 0.29) is 0 Å². The van der Waals surface area contributed by atoms with Crippen LogP contribution in [0.2, 0.25) is 0 Å². The van der Waals surface area contributed by atoms with Gasteiger partial charge in [-0.1, -0.05) is 25.1 Å². The van der Waals surface area contributed by atoms with Gasteiger partial charge in [-0.3, -0.25) is 0 Å². The SMILES string of the molecule is CCOC1(C(O)c2cccc3ccsc23)CCC(C)CC1. The van der Waals surface area contributed by atoms with Gasteiger partial charge in [0.05, 0.1) is 5.60 Å². The highest BCUT2D eigenvalue weighted by Gasteiger charge is 2.42. The molecule has 1 aromatic heterocycles. The largest absolute Gasteiger partial charge is 0.385 e. The highest BCUT2D eigenvalue weighted by atomic mass is 32.1. The van der Waals surface area contributed by atoms with Crippen molar-refractivity contribution in [1.29, 1.82) is 0 Å². The summed E-state index contributed by atoms with van der Waals surface area (Å²) in [5.74, 6) is 0.739. The third kappa shape index (κ3) is 2.75. The van der Waals surface area contributed by atoms with Crippen LogP contribution in [0.1, 0.15) is 51.2 Å². The molecule has 2 nitrogen and oxygen atoms in total. The number of fused-ring (bicyclic) bond motifs is 1. The van der Waals surface area contributed by atoms with Crippen molar-refractivity contribution in [2.75, 3.05) is 6.61 Å². The molecule has 1 N–H and O–H groups in total. The summed E-state index contributed by atoms with van der Waals surface area (Å²) in [5.41, 5.74) is 0.630. The molecular weight excluding hydrogens is 280 g/mol. The summed E-state index contributed by atoms with van der Waals surface area (Å²) >= 11 is 1.71. The first kappa shape index (κ1) is 15.0. The van der Waals surface area contributed by atoms with E-state index in [1.807, 2.05) is 13.0 Å². The molecule has 0 radical (unpaired) electrons. The van der Waals surface area contributed by atoms with Crippen LogP contribution >= 0.6 is 11.3 Å². The molecule has 1 aliphatic rings. The van der Waals surface area contributed by atoms with Crippen molar-refractivity contribution in [3.8, 4) is 0 Å². The van der Waals surface area contributed by atoms with Crippen molar-refractivity contribution in [1.82, 2.24) is 0 Å². The van der Waals surface area contributed by atoms with Gasteiger partial charge in [0, 0.05) is 16.9 Å². The molecular formula is C18H24O2S. The van der Waals surface area contributed by atoms with Crippen molar-refractivity contribution in [3.05, 3.63) is 35.2 Å². The highest BCUT2D eigenvalue weighted by molar-refractivity contribution is 7.17. The Labute approximate surface area is 130 Å². The summed E-state index contributed by atoms with van der Waals surface area (Å²) in [6, 6.07) is 8.33. The van der Waals surface area contributed by atoms with E-state index >= 15 is 0 Å². The van der Waals surface area contributed by atoms with Crippen molar-refractivity contribution >= 4 is 21.4 Å². The van der Waals surface area contributed by atoms with Crippen LogP contribution in [0, 0.1) is 5.92 Å². The molecule has 1 saturated carbocycles. The van der Waals surface area contributed by atoms with Gasteiger partial charge in [0.15, 0.2) is 0 Å². The lowest BCUT2D eigenvalue weighted by atomic mass is 9.74. The molecule has 3 heteroatoms. The molecule has 1 aliphatic carbocycles. The first-order valence-electron chi connectivity index (χ1n) is 7.94. The molecule has 3 rings (SSSR count).